The lowest BCUT2D eigenvalue weighted by molar-refractivity contribution is 0.0525. The quantitative estimate of drug-likeness (QED) is 0.854. The SMILES string of the molecule is CC(C)Oc1ccc(S(=O)(=O)N2CCC23CCOC3)cc1. The van der Waals surface area contributed by atoms with Gasteiger partial charge in [-0.1, -0.05) is 0 Å². The Balaban J connectivity index is 1.82. The molecule has 2 fully saturated rings. The smallest absolute Gasteiger partial charge is 0.243 e. The van der Waals surface area contributed by atoms with Gasteiger partial charge in [0.2, 0.25) is 10.0 Å². The van der Waals surface area contributed by atoms with E-state index in [1.165, 1.54) is 0 Å². The van der Waals surface area contributed by atoms with Crippen LogP contribution in [0.1, 0.15) is 26.7 Å². The van der Waals surface area contributed by atoms with Crippen molar-refractivity contribution in [1.82, 2.24) is 4.31 Å². The van der Waals surface area contributed by atoms with Crippen LogP contribution in [-0.2, 0) is 14.8 Å². The van der Waals surface area contributed by atoms with Gasteiger partial charge in [0.1, 0.15) is 5.75 Å². The van der Waals surface area contributed by atoms with E-state index in [0.717, 1.165) is 12.8 Å². The molecule has 0 saturated carbocycles. The van der Waals surface area contributed by atoms with E-state index in [4.69, 9.17) is 9.47 Å². The van der Waals surface area contributed by atoms with E-state index < -0.39 is 10.0 Å². The summed E-state index contributed by atoms with van der Waals surface area (Å²) in [6.07, 6.45) is 1.75. The molecule has 1 aromatic carbocycles. The summed E-state index contributed by atoms with van der Waals surface area (Å²) in [5.74, 6) is 0.687. The molecule has 0 aliphatic carbocycles. The van der Waals surface area contributed by atoms with Gasteiger partial charge >= 0.3 is 0 Å². The summed E-state index contributed by atoms with van der Waals surface area (Å²) in [7, 11) is -3.44. The van der Waals surface area contributed by atoms with Crippen LogP contribution in [0.25, 0.3) is 0 Å². The van der Waals surface area contributed by atoms with Crippen molar-refractivity contribution >= 4 is 10.0 Å². The molecule has 1 atom stereocenters. The number of hydrogen-bond acceptors (Lipinski definition) is 4. The first-order valence-corrected chi connectivity index (χ1v) is 8.75. The fourth-order valence-corrected chi connectivity index (χ4v) is 4.79. The lowest BCUT2D eigenvalue weighted by Crippen LogP contribution is -2.62. The normalized spacial score (nSPS) is 26.2. The summed E-state index contributed by atoms with van der Waals surface area (Å²) in [6.45, 7) is 5.62. The van der Waals surface area contributed by atoms with Crippen molar-refractivity contribution in [2.45, 2.75) is 43.2 Å². The molecule has 6 heteroatoms. The van der Waals surface area contributed by atoms with Crippen LogP contribution in [0.2, 0.25) is 0 Å². The second kappa shape index (κ2) is 5.26. The van der Waals surface area contributed by atoms with Gasteiger partial charge in [-0.25, -0.2) is 8.42 Å². The Morgan fingerprint density at radius 3 is 2.43 bits per heavy atom. The summed E-state index contributed by atoms with van der Waals surface area (Å²) in [4.78, 5) is 0.324. The maximum absolute atomic E-state index is 12.7. The molecule has 1 aromatic rings. The summed E-state index contributed by atoms with van der Waals surface area (Å²) in [6, 6.07) is 6.67. The van der Waals surface area contributed by atoms with E-state index >= 15 is 0 Å². The maximum atomic E-state index is 12.7. The number of sulfonamides is 1. The molecule has 1 spiro atoms. The zero-order valence-electron chi connectivity index (χ0n) is 12.4. The minimum absolute atomic E-state index is 0.0711. The van der Waals surface area contributed by atoms with Gasteiger partial charge in [0, 0.05) is 13.2 Å². The van der Waals surface area contributed by atoms with Gasteiger partial charge in [0.15, 0.2) is 0 Å². The van der Waals surface area contributed by atoms with E-state index in [-0.39, 0.29) is 11.6 Å². The molecule has 116 valence electrons. The van der Waals surface area contributed by atoms with E-state index in [1.807, 2.05) is 13.8 Å². The predicted octanol–water partition coefficient (Wildman–Crippen LogP) is 2.03. The molecule has 0 bridgehead atoms. The van der Waals surface area contributed by atoms with Gasteiger partial charge in [-0.2, -0.15) is 4.31 Å². The summed E-state index contributed by atoms with van der Waals surface area (Å²) >= 11 is 0. The second-order valence-electron chi connectivity index (χ2n) is 5.99. The third-order valence-corrected chi connectivity index (χ3v) is 6.19. The van der Waals surface area contributed by atoms with Crippen molar-refractivity contribution in [2.75, 3.05) is 19.8 Å². The molecule has 2 heterocycles. The fraction of sp³-hybridized carbons (Fsp3) is 0.600. The Labute approximate surface area is 125 Å². The number of benzene rings is 1. The average molecular weight is 311 g/mol. The highest BCUT2D eigenvalue weighted by Gasteiger charge is 2.53. The van der Waals surface area contributed by atoms with Crippen LogP contribution in [0.3, 0.4) is 0 Å². The molecule has 0 aromatic heterocycles. The molecule has 2 aliphatic rings. The van der Waals surface area contributed by atoms with Crippen molar-refractivity contribution in [3.8, 4) is 5.75 Å². The van der Waals surface area contributed by atoms with Crippen molar-refractivity contribution in [2.24, 2.45) is 0 Å². The fourth-order valence-electron chi connectivity index (χ4n) is 2.97. The summed E-state index contributed by atoms with van der Waals surface area (Å²) < 4.78 is 38.0. The first-order chi connectivity index (χ1) is 9.94. The maximum Gasteiger partial charge on any atom is 0.243 e. The summed E-state index contributed by atoms with van der Waals surface area (Å²) in [5, 5.41) is 0. The van der Waals surface area contributed by atoms with E-state index in [9.17, 15) is 8.42 Å². The molecule has 2 saturated heterocycles. The minimum Gasteiger partial charge on any atom is -0.491 e. The number of hydrogen-bond donors (Lipinski definition) is 0. The highest BCUT2D eigenvalue weighted by atomic mass is 32.2. The predicted molar refractivity (Wildman–Crippen MR) is 78.9 cm³/mol. The van der Waals surface area contributed by atoms with Crippen LogP contribution >= 0.6 is 0 Å². The molecule has 0 radical (unpaired) electrons. The summed E-state index contributed by atoms with van der Waals surface area (Å²) in [5.41, 5.74) is -0.300. The number of nitrogens with zero attached hydrogens (tertiary/aromatic N) is 1. The van der Waals surface area contributed by atoms with Gasteiger partial charge in [0.05, 0.1) is 23.1 Å². The topological polar surface area (TPSA) is 55.8 Å². The highest BCUT2D eigenvalue weighted by Crippen LogP contribution is 2.41. The molecule has 0 N–H and O–H groups in total. The largest absolute Gasteiger partial charge is 0.491 e. The lowest BCUT2D eigenvalue weighted by Gasteiger charge is -2.48. The van der Waals surface area contributed by atoms with Gasteiger partial charge in [-0.15, -0.1) is 0 Å². The molecule has 2 aliphatic heterocycles. The molecular weight excluding hydrogens is 290 g/mol. The Kier molecular flexibility index (Phi) is 3.71. The third kappa shape index (κ3) is 2.56. The lowest BCUT2D eigenvalue weighted by atomic mass is 9.87. The van der Waals surface area contributed by atoms with Gasteiger partial charge < -0.3 is 9.47 Å². The Morgan fingerprint density at radius 2 is 1.95 bits per heavy atom. The Hall–Kier alpha value is -1.11. The average Bonchev–Trinajstić information content (AvgIpc) is 2.88. The van der Waals surface area contributed by atoms with Crippen LogP contribution in [-0.4, -0.2) is 44.1 Å². The molecule has 0 amide bonds. The van der Waals surface area contributed by atoms with Crippen molar-refractivity contribution < 1.29 is 17.9 Å². The van der Waals surface area contributed by atoms with Crippen molar-refractivity contribution in [1.29, 1.82) is 0 Å². The van der Waals surface area contributed by atoms with Crippen molar-refractivity contribution in [3.63, 3.8) is 0 Å². The monoisotopic (exact) mass is 311 g/mol. The van der Waals surface area contributed by atoms with Gasteiger partial charge in [0.25, 0.3) is 0 Å². The van der Waals surface area contributed by atoms with Gasteiger partial charge in [-0.3, -0.25) is 0 Å². The first-order valence-electron chi connectivity index (χ1n) is 7.31. The molecular formula is C15H21NO4S. The first kappa shape index (κ1) is 14.8. The van der Waals surface area contributed by atoms with E-state index in [0.29, 0.717) is 30.4 Å². The second-order valence-corrected chi connectivity index (χ2v) is 7.85. The molecule has 21 heavy (non-hydrogen) atoms. The van der Waals surface area contributed by atoms with Crippen LogP contribution < -0.4 is 4.74 Å². The van der Waals surface area contributed by atoms with E-state index in [2.05, 4.69) is 0 Å². The Bertz CT molecular complexity index is 603. The zero-order chi connectivity index (χ0) is 15.1. The van der Waals surface area contributed by atoms with Crippen molar-refractivity contribution in [3.05, 3.63) is 24.3 Å². The Morgan fingerprint density at radius 1 is 1.24 bits per heavy atom. The van der Waals surface area contributed by atoms with Gasteiger partial charge in [-0.05, 0) is 51.0 Å². The highest BCUT2D eigenvalue weighted by molar-refractivity contribution is 7.89. The third-order valence-electron chi connectivity index (χ3n) is 4.18. The van der Waals surface area contributed by atoms with Crippen LogP contribution in [0.5, 0.6) is 5.75 Å². The number of ether oxygens (including phenoxy) is 2. The zero-order valence-corrected chi connectivity index (χ0v) is 13.2. The van der Waals surface area contributed by atoms with E-state index in [1.54, 1.807) is 28.6 Å². The van der Waals surface area contributed by atoms with Crippen LogP contribution in [0.15, 0.2) is 29.2 Å². The standard InChI is InChI=1S/C15H21NO4S/c1-12(2)20-13-3-5-14(6-4-13)21(17,18)16-9-7-15(16)8-10-19-11-15/h3-6,12H,7-11H2,1-2H3. The molecule has 5 nitrogen and oxygen atoms in total. The van der Waals surface area contributed by atoms with Crippen LogP contribution in [0.4, 0.5) is 0 Å². The molecule has 3 rings (SSSR count). The molecule has 1 unspecified atom stereocenters. The number of rotatable bonds is 4. The minimum atomic E-state index is -3.44. The van der Waals surface area contributed by atoms with Crippen LogP contribution in [0, 0.1) is 0 Å².